The summed E-state index contributed by atoms with van der Waals surface area (Å²) in [6, 6.07) is 5.66. The van der Waals surface area contributed by atoms with Crippen molar-refractivity contribution < 1.29 is 9.53 Å². The average molecular weight is 373 g/mol. The number of rotatable bonds is 8. The second-order valence-corrected chi connectivity index (χ2v) is 7.12. The fourth-order valence-electron chi connectivity index (χ4n) is 2.92. The van der Waals surface area contributed by atoms with Gasteiger partial charge >= 0.3 is 0 Å². The molecule has 24 heavy (non-hydrogen) atoms. The van der Waals surface area contributed by atoms with Crippen LogP contribution in [0.3, 0.4) is 0 Å². The summed E-state index contributed by atoms with van der Waals surface area (Å²) < 4.78 is 5.41. The van der Waals surface area contributed by atoms with Crippen LogP contribution in [0.15, 0.2) is 18.2 Å². The van der Waals surface area contributed by atoms with Gasteiger partial charge in [-0.1, -0.05) is 29.6 Å². The average Bonchev–Trinajstić information content (AvgIpc) is 2.57. The highest BCUT2D eigenvalue weighted by Crippen LogP contribution is 2.26. The lowest BCUT2D eigenvalue weighted by Gasteiger charge is -2.33. The van der Waals surface area contributed by atoms with Crippen molar-refractivity contribution in [3.05, 3.63) is 28.2 Å². The second-order valence-electron chi connectivity index (χ2n) is 6.30. The zero-order valence-electron chi connectivity index (χ0n) is 14.2. The molecule has 1 N–H and O–H groups in total. The van der Waals surface area contributed by atoms with Crippen LogP contribution in [0.5, 0.6) is 5.75 Å². The number of likely N-dealkylation sites (tertiary alicyclic amines) is 1. The van der Waals surface area contributed by atoms with E-state index in [1.807, 2.05) is 0 Å². The van der Waals surface area contributed by atoms with E-state index in [9.17, 15) is 4.79 Å². The van der Waals surface area contributed by atoms with E-state index in [2.05, 4.69) is 17.1 Å². The molecular formula is C18H26Cl2N2O2. The van der Waals surface area contributed by atoms with Gasteiger partial charge in [-0.2, -0.15) is 0 Å². The minimum absolute atomic E-state index is 0.0128. The number of halogens is 2. The zero-order chi connectivity index (χ0) is 17.4. The Bertz CT molecular complexity index is 540. The molecule has 134 valence electrons. The molecule has 1 atom stereocenters. The normalized spacial score (nSPS) is 18.4. The third kappa shape index (κ3) is 6.50. The molecule has 1 aromatic carbocycles. The highest BCUT2D eigenvalue weighted by molar-refractivity contribution is 6.42. The number of nitrogens with one attached hydrogen (secondary N) is 1. The van der Waals surface area contributed by atoms with Gasteiger partial charge in [0, 0.05) is 18.7 Å². The van der Waals surface area contributed by atoms with Crippen molar-refractivity contribution in [3.8, 4) is 5.75 Å². The third-order valence-corrected chi connectivity index (χ3v) is 5.13. The lowest BCUT2D eigenvalue weighted by Crippen LogP contribution is -2.38. The van der Waals surface area contributed by atoms with E-state index in [0.717, 1.165) is 19.4 Å². The molecule has 2 rings (SSSR count). The molecule has 0 aromatic heterocycles. The van der Waals surface area contributed by atoms with Crippen molar-refractivity contribution in [3.63, 3.8) is 0 Å². The van der Waals surface area contributed by atoms with Gasteiger partial charge < -0.3 is 15.0 Å². The fraction of sp³-hybridized carbons (Fsp3) is 0.611. The first-order valence-corrected chi connectivity index (χ1v) is 9.40. The van der Waals surface area contributed by atoms with Gasteiger partial charge in [0.2, 0.25) is 0 Å². The number of amides is 1. The standard InChI is InChI=1S/C18H26Cl2N2O2/c1-14-6-2-4-10-22(14)11-5-3-9-21-18(23)13-24-15-7-8-16(19)17(20)12-15/h7-8,12,14H,2-6,9-11,13H2,1H3,(H,21,23). The summed E-state index contributed by atoms with van der Waals surface area (Å²) in [5.74, 6) is 0.422. The summed E-state index contributed by atoms with van der Waals surface area (Å²) in [4.78, 5) is 14.3. The van der Waals surface area contributed by atoms with Crippen LogP contribution in [0, 0.1) is 0 Å². The Balaban J connectivity index is 1.55. The number of ether oxygens (including phenoxy) is 1. The predicted octanol–water partition coefficient (Wildman–Crippen LogP) is 4.14. The molecule has 0 spiro atoms. The molecule has 1 fully saturated rings. The van der Waals surface area contributed by atoms with E-state index in [0.29, 0.717) is 28.4 Å². The minimum Gasteiger partial charge on any atom is -0.484 e. The minimum atomic E-state index is -0.118. The molecule has 1 amide bonds. The van der Waals surface area contributed by atoms with E-state index in [4.69, 9.17) is 27.9 Å². The smallest absolute Gasteiger partial charge is 0.257 e. The fourth-order valence-corrected chi connectivity index (χ4v) is 3.21. The molecule has 1 unspecified atom stereocenters. The third-order valence-electron chi connectivity index (χ3n) is 4.40. The Morgan fingerprint density at radius 3 is 2.88 bits per heavy atom. The maximum atomic E-state index is 11.8. The van der Waals surface area contributed by atoms with Crippen LogP contribution < -0.4 is 10.1 Å². The molecule has 6 heteroatoms. The van der Waals surface area contributed by atoms with E-state index >= 15 is 0 Å². The maximum absolute atomic E-state index is 11.8. The number of carbonyl (C=O) groups excluding carboxylic acids is 1. The zero-order valence-corrected chi connectivity index (χ0v) is 15.7. The number of hydrogen-bond acceptors (Lipinski definition) is 3. The summed E-state index contributed by atoms with van der Waals surface area (Å²) in [7, 11) is 0. The van der Waals surface area contributed by atoms with Crippen LogP contribution in [0.4, 0.5) is 0 Å². The first-order valence-electron chi connectivity index (χ1n) is 8.65. The number of piperidine rings is 1. The van der Waals surface area contributed by atoms with Gasteiger partial charge in [0.1, 0.15) is 5.75 Å². The largest absolute Gasteiger partial charge is 0.484 e. The second kappa shape index (κ2) is 10.1. The highest BCUT2D eigenvalue weighted by atomic mass is 35.5. The molecule has 1 aromatic rings. The quantitative estimate of drug-likeness (QED) is 0.697. The van der Waals surface area contributed by atoms with Crippen LogP contribution in [0.2, 0.25) is 10.0 Å². The van der Waals surface area contributed by atoms with Crippen molar-refractivity contribution in [2.45, 2.75) is 45.1 Å². The SMILES string of the molecule is CC1CCCCN1CCCCNC(=O)COc1ccc(Cl)c(Cl)c1. The molecule has 0 radical (unpaired) electrons. The van der Waals surface area contributed by atoms with Gasteiger partial charge in [0.05, 0.1) is 10.0 Å². The van der Waals surface area contributed by atoms with Gasteiger partial charge in [0.25, 0.3) is 5.91 Å². The molecule has 0 saturated carbocycles. The molecule has 0 bridgehead atoms. The first-order chi connectivity index (χ1) is 11.6. The summed E-state index contributed by atoms with van der Waals surface area (Å²) in [6.07, 6.45) is 6.07. The first kappa shape index (κ1) is 19.4. The molecule has 1 heterocycles. The number of nitrogens with zero attached hydrogens (tertiary/aromatic N) is 1. The monoisotopic (exact) mass is 372 g/mol. The van der Waals surface area contributed by atoms with E-state index in [1.165, 1.54) is 25.8 Å². The summed E-state index contributed by atoms with van der Waals surface area (Å²) in [5, 5.41) is 3.77. The number of hydrogen-bond donors (Lipinski definition) is 1. The Morgan fingerprint density at radius 2 is 2.12 bits per heavy atom. The van der Waals surface area contributed by atoms with Gasteiger partial charge in [-0.15, -0.1) is 0 Å². The summed E-state index contributed by atoms with van der Waals surface area (Å²) in [5.41, 5.74) is 0. The van der Waals surface area contributed by atoms with Crippen molar-refractivity contribution in [2.75, 3.05) is 26.2 Å². The Labute approximate surface area is 154 Å². The highest BCUT2D eigenvalue weighted by Gasteiger charge is 2.17. The van der Waals surface area contributed by atoms with Gasteiger partial charge in [-0.3, -0.25) is 4.79 Å². The van der Waals surface area contributed by atoms with Crippen molar-refractivity contribution >= 4 is 29.1 Å². The Morgan fingerprint density at radius 1 is 1.29 bits per heavy atom. The van der Waals surface area contributed by atoms with Gasteiger partial charge in [0.15, 0.2) is 6.61 Å². The Hall–Kier alpha value is -0.970. The van der Waals surface area contributed by atoms with Crippen LogP contribution >= 0.6 is 23.2 Å². The van der Waals surface area contributed by atoms with Crippen LogP contribution in [-0.2, 0) is 4.79 Å². The number of unbranched alkanes of at least 4 members (excludes halogenated alkanes) is 1. The lowest BCUT2D eigenvalue weighted by molar-refractivity contribution is -0.123. The molecule has 4 nitrogen and oxygen atoms in total. The van der Waals surface area contributed by atoms with Crippen molar-refractivity contribution in [1.29, 1.82) is 0 Å². The maximum Gasteiger partial charge on any atom is 0.257 e. The van der Waals surface area contributed by atoms with Crippen molar-refractivity contribution in [1.82, 2.24) is 10.2 Å². The molecule has 1 saturated heterocycles. The van der Waals surface area contributed by atoms with E-state index < -0.39 is 0 Å². The van der Waals surface area contributed by atoms with Crippen molar-refractivity contribution in [2.24, 2.45) is 0 Å². The summed E-state index contributed by atoms with van der Waals surface area (Å²) >= 11 is 11.7. The predicted molar refractivity (Wildman–Crippen MR) is 99.1 cm³/mol. The van der Waals surface area contributed by atoms with E-state index in [1.54, 1.807) is 18.2 Å². The van der Waals surface area contributed by atoms with Crippen LogP contribution in [-0.4, -0.2) is 43.1 Å². The molecular weight excluding hydrogens is 347 g/mol. The number of carbonyl (C=O) groups is 1. The topological polar surface area (TPSA) is 41.6 Å². The van der Waals surface area contributed by atoms with Crippen LogP contribution in [0.25, 0.3) is 0 Å². The number of benzene rings is 1. The molecule has 0 aliphatic carbocycles. The van der Waals surface area contributed by atoms with E-state index in [-0.39, 0.29) is 12.5 Å². The van der Waals surface area contributed by atoms with Crippen LogP contribution in [0.1, 0.15) is 39.0 Å². The summed E-state index contributed by atoms with van der Waals surface area (Å²) in [6.45, 7) is 5.32. The van der Waals surface area contributed by atoms with Gasteiger partial charge in [-0.05, 0) is 57.8 Å². The Kier molecular flexibility index (Phi) is 8.16. The lowest BCUT2D eigenvalue weighted by atomic mass is 10.0. The van der Waals surface area contributed by atoms with Gasteiger partial charge in [-0.25, -0.2) is 0 Å². The molecule has 1 aliphatic rings. The molecule has 1 aliphatic heterocycles.